The number of rotatable bonds is 3. The summed E-state index contributed by atoms with van der Waals surface area (Å²) in [5.74, 6) is -0.613. The van der Waals surface area contributed by atoms with Crippen LogP contribution >= 0.6 is 11.6 Å². The van der Waals surface area contributed by atoms with Crippen molar-refractivity contribution < 1.29 is 9.59 Å². The Hall–Kier alpha value is -1.69. The van der Waals surface area contributed by atoms with E-state index in [1.54, 1.807) is 0 Å². The Kier molecular flexibility index (Phi) is 4.83. The highest BCUT2D eigenvalue weighted by Crippen LogP contribution is 2.05. The van der Waals surface area contributed by atoms with Crippen LogP contribution in [0, 0.1) is 0 Å². The molecule has 0 aromatic carbocycles. The van der Waals surface area contributed by atoms with Crippen LogP contribution in [-0.4, -0.2) is 46.0 Å². The average molecular weight is 285 g/mol. The lowest BCUT2D eigenvalue weighted by atomic mass is 10.1. The normalized spacial score (nSPS) is 11.0. The topological polar surface area (TPSA) is 75.2 Å². The van der Waals surface area contributed by atoms with E-state index in [1.165, 1.54) is 24.1 Å². The lowest BCUT2D eigenvalue weighted by Crippen LogP contribution is -2.46. The van der Waals surface area contributed by atoms with Crippen LogP contribution < -0.4 is 5.32 Å². The number of halogens is 1. The predicted molar refractivity (Wildman–Crippen MR) is 71.9 cm³/mol. The molecule has 0 spiro atoms. The number of nitrogens with one attached hydrogen (secondary N) is 1. The van der Waals surface area contributed by atoms with Gasteiger partial charge < -0.3 is 10.2 Å². The van der Waals surface area contributed by atoms with E-state index in [0.717, 1.165) is 0 Å². The summed E-state index contributed by atoms with van der Waals surface area (Å²) in [5.41, 5.74) is -0.184. The second kappa shape index (κ2) is 5.97. The number of carbonyl (C=O) groups excluding carboxylic acids is 2. The molecule has 6 nitrogen and oxygen atoms in total. The minimum Gasteiger partial charge on any atom is -0.350 e. The molecule has 0 aliphatic heterocycles. The van der Waals surface area contributed by atoms with Gasteiger partial charge in [-0.3, -0.25) is 9.59 Å². The van der Waals surface area contributed by atoms with Crippen LogP contribution in [0.25, 0.3) is 0 Å². The first-order valence-electron chi connectivity index (χ1n) is 5.75. The fourth-order valence-corrected chi connectivity index (χ4v) is 1.47. The summed E-state index contributed by atoms with van der Waals surface area (Å²) >= 11 is 5.59. The van der Waals surface area contributed by atoms with E-state index in [2.05, 4.69) is 15.5 Å². The van der Waals surface area contributed by atoms with Gasteiger partial charge in [-0.1, -0.05) is 11.6 Å². The molecule has 19 heavy (non-hydrogen) atoms. The lowest BCUT2D eigenvalue weighted by molar-refractivity contribution is -0.122. The molecule has 0 radical (unpaired) electrons. The van der Waals surface area contributed by atoms with Crippen molar-refractivity contribution in [1.82, 2.24) is 20.4 Å². The fraction of sp³-hybridized carbons (Fsp3) is 0.500. The van der Waals surface area contributed by atoms with Crippen LogP contribution in [0.4, 0.5) is 0 Å². The fourth-order valence-electron chi connectivity index (χ4n) is 1.37. The van der Waals surface area contributed by atoms with Gasteiger partial charge in [0.2, 0.25) is 5.91 Å². The standard InChI is InChI=1S/C12H17ClN4O2/c1-12(2,3)14-10(18)7-17(4)11(19)8-5-6-9(13)16-15-8/h5-6H,7H2,1-4H3,(H,14,18). The first-order chi connectivity index (χ1) is 8.69. The van der Waals surface area contributed by atoms with Gasteiger partial charge in [0.05, 0.1) is 6.54 Å². The summed E-state index contributed by atoms with van der Waals surface area (Å²) in [6, 6.07) is 2.95. The predicted octanol–water partition coefficient (Wildman–Crippen LogP) is 1.12. The Morgan fingerprint density at radius 1 is 1.32 bits per heavy atom. The van der Waals surface area contributed by atoms with E-state index in [4.69, 9.17) is 11.6 Å². The third-order valence-corrected chi connectivity index (χ3v) is 2.29. The zero-order valence-corrected chi connectivity index (χ0v) is 12.2. The van der Waals surface area contributed by atoms with Gasteiger partial charge in [-0.2, -0.15) is 0 Å². The molecule has 0 saturated heterocycles. The van der Waals surface area contributed by atoms with Crippen molar-refractivity contribution in [3.8, 4) is 0 Å². The Bertz CT molecular complexity index is 468. The maximum absolute atomic E-state index is 12.0. The Balaban J connectivity index is 2.63. The zero-order chi connectivity index (χ0) is 14.6. The lowest BCUT2D eigenvalue weighted by Gasteiger charge is -2.23. The smallest absolute Gasteiger partial charge is 0.274 e. The Labute approximate surface area is 117 Å². The Morgan fingerprint density at radius 3 is 2.42 bits per heavy atom. The molecule has 1 heterocycles. The second-order valence-corrected chi connectivity index (χ2v) is 5.59. The molecule has 1 aromatic heterocycles. The molecule has 1 aromatic rings. The number of hydrogen-bond donors (Lipinski definition) is 1. The monoisotopic (exact) mass is 284 g/mol. The third-order valence-electron chi connectivity index (χ3n) is 2.09. The molecule has 7 heteroatoms. The summed E-state index contributed by atoms with van der Waals surface area (Å²) in [6.07, 6.45) is 0. The number of aromatic nitrogens is 2. The zero-order valence-electron chi connectivity index (χ0n) is 11.4. The largest absolute Gasteiger partial charge is 0.350 e. The molecule has 0 aliphatic carbocycles. The van der Waals surface area contributed by atoms with Crippen LogP contribution in [0.15, 0.2) is 12.1 Å². The quantitative estimate of drug-likeness (QED) is 0.902. The van der Waals surface area contributed by atoms with Crippen molar-refractivity contribution in [3.05, 3.63) is 23.0 Å². The minimum atomic E-state index is -0.381. The molecule has 1 rings (SSSR count). The van der Waals surface area contributed by atoms with Crippen LogP contribution in [0.1, 0.15) is 31.3 Å². The maximum Gasteiger partial charge on any atom is 0.274 e. The van der Waals surface area contributed by atoms with Crippen LogP contribution in [-0.2, 0) is 4.79 Å². The number of hydrogen-bond acceptors (Lipinski definition) is 4. The molecule has 1 N–H and O–H groups in total. The first kappa shape index (κ1) is 15.4. The highest BCUT2D eigenvalue weighted by Gasteiger charge is 2.19. The van der Waals surface area contributed by atoms with Crippen molar-refractivity contribution in [2.75, 3.05) is 13.6 Å². The van der Waals surface area contributed by atoms with Crippen LogP contribution in [0.2, 0.25) is 5.15 Å². The van der Waals surface area contributed by atoms with Crippen LogP contribution in [0.5, 0.6) is 0 Å². The third kappa shape index (κ3) is 5.21. The van der Waals surface area contributed by atoms with Gasteiger partial charge in [-0.15, -0.1) is 10.2 Å². The molecule has 0 fully saturated rings. The Morgan fingerprint density at radius 2 is 1.95 bits per heavy atom. The van der Waals surface area contributed by atoms with Gasteiger partial charge in [0, 0.05) is 12.6 Å². The van der Waals surface area contributed by atoms with Crippen molar-refractivity contribution in [3.63, 3.8) is 0 Å². The maximum atomic E-state index is 12.0. The summed E-state index contributed by atoms with van der Waals surface area (Å²) in [6.45, 7) is 5.58. The van der Waals surface area contributed by atoms with Gasteiger partial charge in [0.1, 0.15) is 0 Å². The number of likely N-dealkylation sites (N-methyl/N-ethyl adjacent to an activating group) is 1. The van der Waals surface area contributed by atoms with Crippen molar-refractivity contribution in [2.45, 2.75) is 26.3 Å². The molecule has 0 aliphatic rings. The summed E-state index contributed by atoms with van der Waals surface area (Å²) in [7, 11) is 1.53. The molecule has 0 unspecified atom stereocenters. The van der Waals surface area contributed by atoms with Gasteiger partial charge in [0.25, 0.3) is 5.91 Å². The van der Waals surface area contributed by atoms with E-state index in [1.807, 2.05) is 20.8 Å². The molecule has 0 atom stereocenters. The molecular weight excluding hydrogens is 268 g/mol. The molecule has 2 amide bonds. The van der Waals surface area contributed by atoms with Crippen LogP contribution in [0.3, 0.4) is 0 Å². The van der Waals surface area contributed by atoms with Gasteiger partial charge in [0.15, 0.2) is 10.8 Å². The van der Waals surface area contributed by atoms with Gasteiger partial charge in [-0.05, 0) is 32.9 Å². The molecule has 0 bridgehead atoms. The number of nitrogens with zero attached hydrogens (tertiary/aromatic N) is 3. The van der Waals surface area contributed by atoms with E-state index in [0.29, 0.717) is 0 Å². The van der Waals surface area contributed by atoms with E-state index < -0.39 is 0 Å². The number of amides is 2. The average Bonchev–Trinajstić information content (AvgIpc) is 2.26. The molecule has 104 valence electrons. The van der Waals surface area contributed by atoms with E-state index in [9.17, 15) is 9.59 Å². The van der Waals surface area contributed by atoms with Crippen molar-refractivity contribution >= 4 is 23.4 Å². The highest BCUT2D eigenvalue weighted by atomic mass is 35.5. The first-order valence-corrected chi connectivity index (χ1v) is 6.12. The highest BCUT2D eigenvalue weighted by molar-refractivity contribution is 6.29. The van der Waals surface area contributed by atoms with E-state index in [-0.39, 0.29) is 34.7 Å². The summed E-state index contributed by atoms with van der Waals surface area (Å²) < 4.78 is 0. The SMILES string of the molecule is CN(CC(=O)NC(C)(C)C)C(=O)c1ccc(Cl)nn1. The summed E-state index contributed by atoms with van der Waals surface area (Å²) in [5, 5.41) is 10.3. The summed E-state index contributed by atoms with van der Waals surface area (Å²) in [4.78, 5) is 24.9. The van der Waals surface area contributed by atoms with Crippen molar-refractivity contribution in [2.24, 2.45) is 0 Å². The minimum absolute atomic E-state index is 0.0413. The molecule has 0 saturated carbocycles. The van der Waals surface area contributed by atoms with Crippen molar-refractivity contribution in [1.29, 1.82) is 0 Å². The second-order valence-electron chi connectivity index (χ2n) is 5.20. The van der Waals surface area contributed by atoms with Gasteiger partial charge in [-0.25, -0.2) is 0 Å². The van der Waals surface area contributed by atoms with E-state index >= 15 is 0 Å². The van der Waals surface area contributed by atoms with Gasteiger partial charge >= 0.3 is 0 Å². The number of carbonyl (C=O) groups is 2. The molecular formula is C12H17ClN4O2.